The van der Waals surface area contributed by atoms with Crippen LogP contribution in [0.3, 0.4) is 0 Å². The SMILES string of the molecule is COc1ccc(C(=O)Nc2ccc(/C(C)=N/NC(=O)c3cc(OC)cc(OC)c3)cc2)cc1. The average Bonchev–Trinajstić information content (AvgIpc) is 2.87. The lowest BCUT2D eigenvalue weighted by Crippen LogP contribution is -2.19. The molecule has 170 valence electrons. The first-order chi connectivity index (χ1) is 15.9. The van der Waals surface area contributed by atoms with Crippen molar-refractivity contribution in [2.24, 2.45) is 5.10 Å². The Labute approximate surface area is 192 Å². The lowest BCUT2D eigenvalue weighted by atomic mass is 10.1. The van der Waals surface area contributed by atoms with Crippen molar-refractivity contribution < 1.29 is 23.8 Å². The van der Waals surface area contributed by atoms with E-state index in [9.17, 15) is 9.59 Å². The van der Waals surface area contributed by atoms with Crippen molar-refractivity contribution in [1.82, 2.24) is 5.43 Å². The Morgan fingerprint density at radius 2 is 1.21 bits per heavy atom. The molecule has 2 amide bonds. The average molecular weight is 447 g/mol. The van der Waals surface area contributed by atoms with Crippen LogP contribution >= 0.6 is 0 Å². The van der Waals surface area contributed by atoms with Crippen LogP contribution in [0, 0.1) is 0 Å². The number of methoxy groups -OCH3 is 3. The number of anilines is 1. The number of ether oxygens (including phenoxy) is 3. The second-order valence-electron chi connectivity index (χ2n) is 7.00. The number of hydrogen-bond acceptors (Lipinski definition) is 6. The molecule has 0 aliphatic carbocycles. The van der Waals surface area contributed by atoms with Gasteiger partial charge in [-0.1, -0.05) is 12.1 Å². The summed E-state index contributed by atoms with van der Waals surface area (Å²) in [5.41, 5.74) is 5.45. The van der Waals surface area contributed by atoms with Gasteiger partial charge in [0.05, 0.1) is 27.0 Å². The van der Waals surface area contributed by atoms with E-state index in [1.54, 1.807) is 68.6 Å². The predicted octanol–water partition coefficient (Wildman–Crippen LogP) is 4.12. The van der Waals surface area contributed by atoms with E-state index < -0.39 is 5.91 Å². The Hall–Kier alpha value is -4.33. The highest BCUT2D eigenvalue weighted by atomic mass is 16.5. The number of nitrogens with one attached hydrogen (secondary N) is 2. The molecule has 0 spiro atoms. The molecule has 0 atom stereocenters. The van der Waals surface area contributed by atoms with Crippen molar-refractivity contribution in [3.05, 3.63) is 83.4 Å². The summed E-state index contributed by atoms with van der Waals surface area (Å²) >= 11 is 0. The maximum absolute atomic E-state index is 12.5. The van der Waals surface area contributed by atoms with Gasteiger partial charge in [-0.3, -0.25) is 9.59 Å². The first-order valence-electron chi connectivity index (χ1n) is 10.1. The number of hydrazone groups is 1. The van der Waals surface area contributed by atoms with Gasteiger partial charge in [-0.25, -0.2) is 5.43 Å². The molecule has 2 N–H and O–H groups in total. The molecule has 3 aromatic carbocycles. The van der Waals surface area contributed by atoms with E-state index >= 15 is 0 Å². The number of benzene rings is 3. The van der Waals surface area contributed by atoms with Gasteiger partial charge in [-0.2, -0.15) is 5.10 Å². The maximum atomic E-state index is 12.5. The van der Waals surface area contributed by atoms with E-state index in [1.807, 2.05) is 12.1 Å². The molecular weight excluding hydrogens is 422 g/mol. The topological polar surface area (TPSA) is 98.2 Å². The van der Waals surface area contributed by atoms with Crippen LogP contribution in [-0.2, 0) is 0 Å². The summed E-state index contributed by atoms with van der Waals surface area (Å²) in [6.07, 6.45) is 0. The minimum Gasteiger partial charge on any atom is -0.497 e. The zero-order chi connectivity index (χ0) is 23.8. The fraction of sp³-hybridized carbons (Fsp3) is 0.160. The maximum Gasteiger partial charge on any atom is 0.271 e. The van der Waals surface area contributed by atoms with Gasteiger partial charge in [0.1, 0.15) is 17.2 Å². The standard InChI is InChI=1S/C25H25N3O5/c1-16(27-28-25(30)19-13-22(32-3)15-23(14-19)33-4)17-5-9-20(10-6-17)26-24(29)18-7-11-21(31-2)12-8-18/h5-15H,1-4H3,(H,26,29)(H,28,30)/b27-16+. The van der Waals surface area contributed by atoms with Crippen molar-refractivity contribution in [3.8, 4) is 17.2 Å². The number of nitrogens with zero attached hydrogens (tertiary/aromatic N) is 1. The zero-order valence-corrected chi connectivity index (χ0v) is 18.8. The molecule has 33 heavy (non-hydrogen) atoms. The molecule has 8 nitrogen and oxygen atoms in total. The minimum absolute atomic E-state index is 0.225. The Morgan fingerprint density at radius 3 is 1.76 bits per heavy atom. The molecule has 0 radical (unpaired) electrons. The zero-order valence-electron chi connectivity index (χ0n) is 18.8. The molecule has 0 fully saturated rings. The van der Waals surface area contributed by atoms with Crippen LogP contribution in [0.1, 0.15) is 33.2 Å². The van der Waals surface area contributed by atoms with Gasteiger partial charge in [-0.05, 0) is 61.0 Å². The first kappa shape index (κ1) is 23.3. The summed E-state index contributed by atoms with van der Waals surface area (Å²) in [5, 5.41) is 7.01. The van der Waals surface area contributed by atoms with E-state index in [0.29, 0.717) is 39.8 Å². The lowest BCUT2D eigenvalue weighted by Gasteiger charge is -2.09. The molecule has 0 aromatic heterocycles. The fourth-order valence-electron chi connectivity index (χ4n) is 2.94. The molecule has 8 heteroatoms. The van der Waals surface area contributed by atoms with E-state index in [2.05, 4.69) is 15.8 Å². The van der Waals surface area contributed by atoms with Crippen molar-refractivity contribution in [2.45, 2.75) is 6.92 Å². The van der Waals surface area contributed by atoms with Crippen LogP contribution in [0.4, 0.5) is 5.69 Å². The van der Waals surface area contributed by atoms with Crippen LogP contribution < -0.4 is 25.0 Å². The summed E-state index contributed by atoms with van der Waals surface area (Å²) in [6, 6.07) is 18.9. The Bertz CT molecular complexity index is 1130. The molecule has 0 heterocycles. The summed E-state index contributed by atoms with van der Waals surface area (Å²) in [5.74, 6) is 1.08. The normalized spacial score (nSPS) is 10.8. The summed E-state index contributed by atoms with van der Waals surface area (Å²) < 4.78 is 15.5. The van der Waals surface area contributed by atoms with Gasteiger partial charge in [0.2, 0.25) is 0 Å². The Balaban J connectivity index is 1.64. The van der Waals surface area contributed by atoms with Crippen molar-refractivity contribution in [1.29, 1.82) is 0 Å². The van der Waals surface area contributed by atoms with Crippen molar-refractivity contribution in [2.75, 3.05) is 26.6 Å². The van der Waals surface area contributed by atoms with Gasteiger partial charge < -0.3 is 19.5 Å². The highest BCUT2D eigenvalue weighted by Crippen LogP contribution is 2.22. The van der Waals surface area contributed by atoms with Gasteiger partial charge in [0.15, 0.2) is 0 Å². The predicted molar refractivity (Wildman–Crippen MR) is 127 cm³/mol. The van der Waals surface area contributed by atoms with Crippen molar-refractivity contribution in [3.63, 3.8) is 0 Å². The lowest BCUT2D eigenvalue weighted by molar-refractivity contribution is 0.0953. The molecular formula is C25H25N3O5. The van der Waals surface area contributed by atoms with E-state index in [4.69, 9.17) is 14.2 Å². The first-order valence-corrected chi connectivity index (χ1v) is 10.1. The number of carbonyl (C=O) groups excluding carboxylic acids is 2. The summed E-state index contributed by atoms with van der Waals surface area (Å²) in [6.45, 7) is 1.78. The third-order valence-corrected chi connectivity index (χ3v) is 4.85. The third-order valence-electron chi connectivity index (χ3n) is 4.85. The molecule has 0 bridgehead atoms. The Kier molecular flexibility index (Phi) is 7.64. The van der Waals surface area contributed by atoms with Crippen LogP contribution in [0.5, 0.6) is 17.2 Å². The van der Waals surface area contributed by atoms with E-state index in [0.717, 1.165) is 5.56 Å². The molecule has 0 saturated heterocycles. The molecule has 3 aromatic rings. The van der Waals surface area contributed by atoms with Crippen LogP contribution in [0.15, 0.2) is 71.8 Å². The third kappa shape index (κ3) is 6.10. The summed E-state index contributed by atoms with van der Waals surface area (Å²) in [4.78, 5) is 24.9. The summed E-state index contributed by atoms with van der Waals surface area (Å²) in [7, 11) is 4.60. The van der Waals surface area contributed by atoms with Crippen LogP contribution in [-0.4, -0.2) is 38.9 Å². The second-order valence-corrected chi connectivity index (χ2v) is 7.00. The molecule has 0 unspecified atom stereocenters. The van der Waals surface area contributed by atoms with E-state index in [-0.39, 0.29) is 5.91 Å². The molecule has 0 aliphatic rings. The minimum atomic E-state index is -0.394. The molecule has 0 saturated carbocycles. The Morgan fingerprint density at radius 1 is 0.667 bits per heavy atom. The smallest absolute Gasteiger partial charge is 0.271 e. The highest BCUT2D eigenvalue weighted by molar-refractivity contribution is 6.05. The van der Waals surface area contributed by atoms with Crippen LogP contribution in [0.2, 0.25) is 0 Å². The van der Waals surface area contributed by atoms with Crippen LogP contribution in [0.25, 0.3) is 0 Å². The number of amides is 2. The highest BCUT2D eigenvalue weighted by Gasteiger charge is 2.10. The number of hydrogen-bond donors (Lipinski definition) is 2. The molecule has 0 aliphatic heterocycles. The molecule has 3 rings (SSSR count). The van der Waals surface area contributed by atoms with Crippen molar-refractivity contribution >= 4 is 23.2 Å². The van der Waals surface area contributed by atoms with Gasteiger partial charge in [-0.15, -0.1) is 0 Å². The largest absolute Gasteiger partial charge is 0.497 e. The monoisotopic (exact) mass is 447 g/mol. The number of carbonyl (C=O) groups is 2. The van der Waals surface area contributed by atoms with Gasteiger partial charge in [0.25, 0.3) is 11.8 Å². The quantitative estimate of drug-likeness (QED) is 0.400. The van der Waals surface area contributed by atoms with E-state index in [1.165, 1.54) is 14.2 Å². The number of rotatable bonds is 8. The second kappa shape index (κ2) is 10.8. The van der Waals surface area contributed by atoms with Gasteiger partial charge >= 0.3 is 0 Å². The van der Waals surface area contributed by atoms with Gasteiger partial charge in [0, 0.05) is 22.9 Å². The fourth-order valence-corrected chi connectivity index (χ4v) is 2.94.